The van der Waals surface area contributed by atoms with Crippen molar-refractivity contribution in [3.63, 3.8) is 0 Å². The zero-order chi connectivity index (χ0) is 18.2. The maximum atomic E-state index is 13.0. The van der Waals surface area contributed by atoms with Crippen LogP contribution in [-0.4, -0.2) is 49.7 Å². The Bertz CT molecular complexity index is 880. The van der Waals surface area contributed by atoms with Gasteiger partial charge < -0.3 is 9.32 Å². The number of hydrogen-bond acceptors (Lipinski definition) is 4. The SMILES string of the molecule is Cc1cc(C)c(S(=O)(=O)N2CCN(C(=O)c3ccco3)CC2)cc1C. The predicted octanol–water partition coefficient (Wildman–Crippen LogP) is 2.35. The molecule has 2 aromatic rings. The van der Waals surface area contributed by atoms with Crippen molar-refractivity contribution in [1.82, 2.24) is 9.21 Å². The van der Waals surface area contributed by atoms with Gasteiger partial charge in [-0.3, -0.25) is 4.79 Å². The van der Waals surface area contributed by atoms with Gasteiger partial charge in [0.1, 0.15) is 0 Å². The number of sulfonamides is 1. The minimum atomic E-state index is -3.56. The molecule has 1 amide bonds. The third-order valence-electron chi connectivity index (χ3n) is 4.67. The van der Waals surface area contributed by atoms with E-state index in [4.69, 9.17) is 4.42 Å². The van der Waals surface area contributed by atoms with Crippen LogP contribution < -0.4 is 0 Å². The Balaban J connectivity index is 1.76. The van der Waals surface area contributed by atoms with Gasteiger partial charge >= 0.3 is 0 Å². The fraction of sp³-hybridized carbons (Fsp3) is 0.389. The third kappa shape index (κ3) is 3.34. The Hall–Kier alpha value is -2.12. The second-order valence-corrected chi connectivity index (χ2v) is 8.28. The average molecular weight is 362 g/mol. The number of rotatable bonds is 3. The summed E-state index contributed by atoms with van der Waals surface area (Å²) in [5.41, 5.74) is 2.78. The lowest BCUT2D eigenvalue weighted by atomic mass is 10.1. The Kier molecular flexibility index (Phi) is 4.71. The fourth-order valence-corrected chi connectivity index (χ4v) is 4.75. The number of nitrogens with zero attached hydrogens (tertiary/aromatic N) is 2. The van der Waals surface area contributed by atoms with E-state index in [-0.39, 0.29) is 24.8 Å². The monoisotopic (exact) mass is 362 g/mol. The van der Waals surface area contributed by atoms with E-state index >= 15 is 0 Å². The molecule has 0 atom stereocenters. The van der Waals surface area contributed by atoms with Gasteiger partial charge in [-0.05, 0) is 55.7 Å². The van der Waals surface area contributed by atoms with Gasteiger partial charge in [-0.25, -0.2) is 8.42 Å². The smallest absolute Gasteiger partial charge is 0.289 e. The Morgan fingerprint density at radius 2 is 1.64 bits per heavy atom. The summed E-state index contributed by atoms with van der Waals surface area (Å²) in [6.07, 6.45) is 1.45. The van der Waals surface area contributed by atoms with E-state index < -0.39 is 10.0 Å². The molecule has 1 saturated heterocycles. The molecule has 0 saturated carbocycles. The van der Waals surface area contributed by atoms with Crippen molar-refractivity contribution in [2.45, 2.75) is 25.7 Å². The van der Waals surface area contributed by atoms with Gasteiger partial charge in [0.25, 0.3) is 5.91 Å². The van der Waals surface area contributed by atoms with Crippen LogP contribution in [0.4, 0.5) is 0 Å². The lowest BCUT2D eigenvalue weighted by molar-refractivity contribution is 0.0666. The molecule has 1 fully saturated rings. The largest absolute Gasteiger partial charge is 0.459 e. The van der Waals surface area contributed by atoms with Gasteiger partial charge in [-0.2, -0.15) is 4.31 Å². The van der Waals surface area contributed by atoms with Gasteiger partial charge in [0, 0.05) is 26.2 Å². The quantitative estimate of drug-likeness (QED) is 0.840. The normalized spacial score (nSPS) is 16.2. The summed E-state index contributed by atoms with van der Waals surface area (Å²) in [7, 11) is -3.56. The fourth-order valence-electron chi connectivity index (χ4n) is 3.04. The Morgan fingerprint density at radius 3 is 2.24 bits per heavy atom. The third-order valence-corrected chi connectivity index (χ3v) is 6.71. The van der Waals surface area contributed by atoms with Crippen LogP contribution in [0.2, 0.25) is 0 Å². The van der Waals surface area contributed by atoms with Crippen LogP contribution in [-0.2, 0) is 10.0 Å². The number of aryl methyl sites for hydroxylation is 3. The highest BCUT2D eigenvalue weighted by molar-refractivity contribution is 7.89. The number of piperazine rings is 1. The zero-order valence-electron chi connectivity index (χ0n) is 14.7. The second-order valence-electron chi connectivity index (χ2n) is 6.38. The van der Waals surface area contributed by atoms with E-state index in [9.17, 15) is 13.2 Å². The highest BCUT2D eigenvalue weighted by Gasteiger charge is 2.32. The Labute approximate surface area is 148 Å². The summed E-state index contributed by atoms with van der Waals surface area (Å²) < 4.78 is 32.5. The molecule has 0 radical (unpaired) electrons. The van der Waals surface area contributed by atoms with E-state index in [1.54, 1.807) is 23.1 Å². The lowest BCUT2D eigenvalue weighted by Gasteiger charge is -2.34. The molecule has 1 aromatic heterocycles. The van der Waals surface area contributed by atoms with Gasteiger partial charge in [0.15, 0.2) is 5.76 Å². The zero-order valence-corrected chi connectivity index (χ0v) is 15.5. The maximum absolute atomic E-state index is 13.0. The molecule has 0 spiro atoms. The van der Waals surface area contributed by atoms with Crippen molar-refractivity contribution in [2.24, 2.45) is 0 Å². The molecule has 3 rings (SSSR count). The number of carbonyl (C=O) groups excluding carboxylic acids is 1. The predicted molar refractivity (Wildman–Crippen MR) is 94.0 cm³/mol. The lowest BCUT2D eigenvalue weighted by Crippen LogP contribution is -2.50. The van der Waals surface area contributed by atoms with Crippen LogP contribution in [0.1, 0.15) is 27.2 Å². The highest BCUT2D eigenvalue weighted by Crippen LogP contribution is 2.24. The molecule has 2 heterocycles. The first-order valence-electron chi connectivity index (χ1n) is 8.21. The first kappa shape index (κ1) is 17.7. The summed E-state index contributed by atoms with van der Waals surface area (Å²) in [5.74, 6) is 0.0747. The molecule has 25 heavy (non-hydrogen) atoms. The van der Waals surface area contributed by atoms with Crippen LogP contribution >= 0.6 is 0 Å². The van der Waals surface area contributed by atoms with Crippen molar-refractivity contribution in [3.05, 3.63) is 53.0 Å². The first-order chi connectivity index (χ1) is 11.8. The van der Waals surface area contributed by atoms with Crippen molar-refractivity contribution in [3.8, 4) is 0 Å². The summed E-state index contributed by atoms with van der Waals surface area (Å²) in [6.45, 7) is 6.95. The molecular formula is C18H22N2O4S. The minimum absolute atomic E-state index is 0.204. The van der Waals surface area contributed by atoms with E-state index in [0.29, 0.717) is 18.0 Å². The van der Waals surface area contributed by atoms with Crippen LogP contribution in [0.5, 0.6) is 0 Å². The van der Waals surface area contributed by atoms with Crippen LogP contribution in [0.15, 0.2) is 39.8 Å². The molecule has 0 unspecified atom stereocenters. The van der Waals surface area contributed by atoms with Gasteiger partial charge in [-0.1, -0.05) is 6.07 Å². The molecular weight excluding hydrogens is 340 g/mol. The van der Waals surface area contributed by atoms with Gasteiger partial charge in [0.2, 0.25) is 10.0 Å². The topological polar surface area (TPSA) is 70.8 Å². The van der Waals surface area contributed by atoms with Gasteiger partial charge in [0.05, 0.1) is 11.2 Å². The first-order valence-corrected chi connectivity index (χ1v) is 9.65. The molecule has 0 bridgehead atoms. The molecule has 1 aromatic carbocycles. The van der Waals surface area contributed by atoms with E-state index in [1.807, 2.05) is 26.8 Å². The van der Waals surface area contributed by atoms with Crippen LogP contribution in [0, 0.1) is 20.8 Å². The van der Waals surface area contributed by atoms with Crippen molar-refractivity contribution in [2.75, 3.05) is 26.2 Å². The standard InChI is InChI=1S/C18H22N2O4S/c1-13-11-15(3)17(12-14(13)2)25(22,23)20-8-6-19(7-9-20)18(21)16-5-4-10-24-16/h4-5,10-12H,6-9H2,1-3H3. The molecule has 134 valence electrons. The molecule has 0 N–H and O–H groups in total. The summed E-state index contributed by atoms with van der Waals surface area (Å²) in [5, 5.41) is 0. The molecule has 0 aliphatic carbocycles. The summed E-state index contributed by atoms with van der Waals surface area (Å²) in [4.78, 5) is 14.3. The molecule has 7 heteroatoms. The van der Waals surface area contributed by atoms with E-state index in [1.165, 1.54) is 10.6 Å². The average Bonchev–Trinajstić information content (AvgIpc) is 3.12. The highest BCUT2D eigenvalue weighted by atomic mass is 32.2. The van der Waals surface area contributed by atoms with Crippen LogP contribution in [0.3, 0.4) is 0 Å². The van der Waals surface area contributed by atoms with Crippen molar-refractivity contribution >= 4 is 15.9 Å². The number of benzene rings is 1. The molecule has 1 aliphatic rings. The Morgan fingerprint density at radius 1 is 1.00 bits per heavy atom. The van der Waals surface area contributed by atoms with Crippen molar-refractivity contribution in [1.29, 1.82) is 0 Å². The summed E-state index contributed by atoms with van der Waals surface area (Å²) in [6, 6.07) is 6.92. The minimum Gasteiger partial charge on any atom is -0.459 e. The number of carbonyl (C=O) groups is 1. The van der Waals surface area contributed by atoms with E-state index in [2.05, 4.69) is 0 Å². The summed E-state index contributed by atoms with van der Waals surface area (Å²) >= 11 is 0. The van der Waals surface area contributed by atoms with Crippen LogP contribution in [0.25, 0.3) is 0 Å². The van der Waals surface area contributed by atoms with E-state index in [0.717, 1.165) is 16.7 Å². The van der Waals surface area contributed by atoms with Gasteiger partial charge in [-0.15, -0.1) is 0 Å². The number of amides is 1. The molecule has 6 nitrogen and oxygen atoms in total. The number of hydrogen-bond donors (Lipinski definition) is 0. The van der Waals surface area contributed by atoms with Crippen molar-refractivity contribution < 1.29 is 17.6 Å². The number of furan rings is 1. The maximum Gasteiger partial charge on any atom is 0.289 e. The molecule has 1 aliphatic heterocycles. The second kappa shape index (κ2) is 6.65.